The highest BCUT2D eigenvalue weighted by atomic mass is 31.1. The fourth-order valence-corrected chi connectivity index (χ4v) is 9.50. The van der Waals surface area contributed by atoms with Crippen LogP contribution in [0.5, 0.6) is 0 Å². The molecule has 0 radical (unpaired) electrons. The quantitative estimate of drug-likeness (QED) is 0.0660. The van der Waals surface area contributed by atoms with Crippen LogP contribution in [0.1, 0.15) is 18.5 Å². The van der Waals surface area contributed by atoms with E-state index in [1.54, 1.807) is 4.57 Å². The average Bonchev–Trinajstić information content (AvgIpc) is 3.61. The van der Waals surface area contributed by atoms with Gasteiger partial charge in [-0.15, -0.1) is 0 Å². The van der Waals surface area contributed by atoms with Gasteiger partial charge in [0.15, 0.2) is 23.3 Å². The lowest BCUT2D eigenvalue weighted by atomic mass is 10.0. The molecule has 260 valence electrons. The van der Waals surface area contributed by atoms with Gasteiger partial charge < -0.3 is 4.57 Å². The highest BCUT2D eigenvalue weighted by molar-refractivity contribution is 7.80. The van der Waals surface area contributed by atoms with Crippen molar-refractivity contribution in [2.45, 2.75) is 13.0 Å². The van der Waals surface area contributed by atoms with Crippen LogP contribution in [0.2, 0.25) is 0 Å². The number of nitrogens with zero attached hydrogens (tertiary/aromatic N) is 2. The van der Waals surface area contributed by atoms with Gasteiger partial charge in [0.25, 0.3) is 0 Å². The standard InChI is InChI=1S/C45H30F5N2P/c1-28(36-38(46)40(48)42(50)41(49)39(36)47)52-44(31-19-8-3-9-20-31)43(30-17-6-2-7-18-30)51-45(52)37-34-25-15-14-16-29(34)26-27-35(37)53(32-21-10-4-11-22-32)33-23-12-5-13-24-33/h2-28H,1H3/t28-/m0/s1. The predicted octanol–water partition coefficient (Wildman–Crippen LogP) is 11.1. The lowest BCUT2D eigenvalue weighted by Crippen LogP contribution is -2.24. The molecule has 8 rings (SSSR count). The van der Waals surface area contributed by atoms with Crippen LogP contribution >= 0.6 is 7.92 Å². The minimum atomic E-state index is -2.21. The van der Waals surface area contributed by atoms with Gasteiger partial charge >= 0.3 is 0 Å². The van der Waals surface area contributed by atoms with Gasteiger partial charge in [-0.3, -0.25) is 0 Å². The van der Waals surface area contributed by atoms with Crippen molar-refractivity contribution in [1.29, 1.82) is 0 Å². The maximum absolute atomic E-state index is 15.9. The Kier molecular flexibility index (Phi) is 9.19. The summed E-state index contributed by atoms with van der Waals surface area (Å²) in [6, 6.07) is 49.2. The summed E-state index contributed by atoms with van der Waals surface area (Å²) in [6.07, 6.45) is 0. The van der Waals surface area contributed by atoms with E-state index in [1.807, 2.05) is 127 Å². The smallest absolute Gasteiger partial charge is 0.200 e. The summed E-state index contributed by atoms with van der Waals surface area (Å²) >= 11 is 0. The summed E-state index contributed by atoms with van der Waals surface area (Å²) < 4.78 is 77.8. The van der Waals surface area contributed by atoms with Crippen LogP contribution < -0.4 is 15.9 Å². The number of hydrogen-bond acceptors (Lipinski definition) is 1. The molecule has 2 nitrogen and oxygen atoms in total. The zero-order valence-electron chi connectivity index (χ0n) is 28.3. The first-order valence-electron chi connectivity index (χ1n) is 17.0. The molecule has 8 heteroatoms. The molecule has 0 saturated carbocycles. The minimum absolute atomic E-state index is 0.324. The van der Waals surface area contributed by atoms with Crippen LogP contribution in [-0.2, 0) is 0 Å². The van der Waals surface area contributed by atoms with Gasteiger partial charge in [0.2, 0.25) is 5.82 Å². The van der Waals surface area contributed by atoms with Crippen LogP contribution in [0.25, 0.3) is 44.7 Å². The molecule has 0 aliphatic carbocycles. The number of hydrogen-bond donors (Lipinski definition) is 0. The van der Waals surface area contributed by atoms with Crippen molar-refractivity contribution < 1.29 is 22.0 Å². The Morgan fingerprint density at radius 2 is 0.981 bits per heavy atom. The fraction of sp³-hybridized carbons (Fsp3) is 0.0444. The number of halogens is 5. The van der Waals surface area contributed by atoms with Gasteiger partial charge in [0, 0.05) is 16.7 Å². The van der Waals surface area contributed by atoms with Gasteiger partial charge in [-0.1, -0.05) is 158 Å². The maximum Gasteiger partial charge on any atom is 0.200 e. The first-order valence-corrected chi connectivity index (χ1v) is 18.4. The minimum Gasteiger partial charge on any atom is -0.316 e. The molecule has 1 atom stereocenters. The summed E-state index contributed by atoms with van der Waals surface area (Å²) in [7, 11) is -1.26. The number of fused-ring (bicyclic) bond motifs is 1. The molecule has 0 aliphatic rings. The monoisotopic (exact) mass is 724 g/mol. The summed E-state index contributed by atoms with van der Waals surface area (Å²) in [5.41, 5.74) is 2.06. The second-order valence-corrected chi connectivity index (χ2v) is 14.8. The van der Waals surface area contributed by atoms with Crippen LogP contribution in [0.4, 0.5) is 22.0 Å². The Bertz CT molecular complexity index is 2510. The molecule has 0 N–H and O–H groups in total. The van der Waals surface area contributed by atoms with Crippen LogP contribution in [0, 0.1) is 29.1 Å². The normalized spacial score (nSPS) is 12.1. The van der Waals surface area contributed by atoms with E-state index in [2.05, 4.69) is 30.3 Å². The molecular formula is C45H30F5N2P. The Hall–Kier alpha value is -5.91. The average molecular weight is 725 g/mol. The fourth-order valence-electron chi connectivity index (χ4n) is 7.04. The van der Waals surface area contributed by atoms with Crippen molar-refractivity contribution in [3.8, 4) is 33.9 Å². The molecule has 0 saturated heterocycles. The van der Waals surface area contributed by atoms with E-state index in [0.29, 0.717) is 33.9 Å². The SMILES string of the molecule is C[C@@H](c1c(F)c(F)c(F)c(F)c1F)n1c(-c2c(P(c3ccccc3)c3ccccc3)ccc3ccccc23)nc(-c2ccccc2)c1-c1ccccc1. The second kappa shape index (κ2) is 14.3. The lowest BCUT2D eigenvalue weighted by Gasteiger charge is -2.26. The first-order chi connectivity index (χ1) is 25.8. The number of rotatable bonds is 8. The van der Waals surface area contributed by atoms with Crippen LogP contribution in [0.3, 0.4) is 0 Å². The third-order valence-electron chi connectivity index (χ3n) is 9.45. The van der Waals surface area contributed by atoms with E-state index in [-0.39, 0.29) is 0 Å². The van der Waals surface area contributed by atoms with E-state index in [4.69, 9.17) is 4.98 Å². The molecule has 0 aliphatic heterocycles. The molecule has 1 aromatic heterocycles. The molecular weight excluding hydrogens is 694 g/mol. The Morgan fingerprint density at radius 1 is 0.509 bits per heavy atom. The zero-order valence-corrected chi connectivity index (χ0v) is 29.2. The van der Waals surface area contributed by atoms with Crippen LogP contribution in [-0.4, -0.2) is 9.55 Å². The summed E-state index contributed by atoms with van der Waals surface area (Å²) in [6.45, 7) is 1.45. The zero-order chi connectivity index (χ0) is 36.6. The van der Waals surface area contributed by atoms with Gasteiger partial charge in [0.05, 0.1) is 23.0 Å². The Balaban J connectivity index is 1.55. The van der Waals surface area contributed by atoms with Crippen molar-refractivity contribution in [3.05, 3.63) is 192 Å². The van der Waals surface area contributed by atoms with Crippen molar-refractivity contribution in [1.82, 2.24) is 9.55 Å². The van der Waals surface area contributed by atoms with Crippen molar-refractivity contribution in [3.63, 3.8) is 0 Å². The summed E-state index contributed by atoms with van der Waals surface area (Å²) in [5.74, 6) is -9.65. The third kappa shape index (κ3) is 6.01. The predicted molar refractivity (Wildman–Crippen MR) is 205 cm³/mol. The summed E-state index contributed by atoms with van der Waals surface area (Å²) in [5, 5.41) is 4.74. The highest BCUT2D eigenvalue weighted by Gasteiger charge is 2.35. The van der Waals surface area contributed by atoms with Crippen molar-refractivity contribution >= 4 is 34.6 Å². The topological polar surface area (TPSA) is 17.8 Å². The molecule has 0 spiro atoms. The van der Waals surface area contributed by atoms with E-state index in [1.165, 1.54) is 6.92 Å². The molecule has 1 heterocycles. The molecule has 0 unspecified atom stereocenters. The number of aromatic nitrogens is 2. The van der Waals surface area contributed by atoms with E-state index < -0.39 is 48.6 Å². The molecule has 8 aromatic rings. The number of imidazole rings is 1. The van der Waals surface area contributed by atoms with Crippen molar-refractivity contribution in [2.24, 2.45) is 0 Å². The van der Waals surface area contributed by atoms with Crippen LogP contribution in [0.15, 0.2) is 158 Å². The maximum atomic E-state index is 15.9. The molecule has 0 fully saturated rings. The first kappa shape index (κ1) is 34.2. The highest BCUT2D eigenvalue weighted by Crippen LogP contribution is 2.46. The molecule has 0 amide bonds. The van der Waals surface area contributed by atoms with Gasteiger partial charge in [-0.05, 0) is 41.5 Å². The van der Waals surface area contributed by atoms with E-state index in [0.717, 1.165) is 26.7 Å². The largest absolute Gasteiger partial charge is 0.316 e. The van der Waals surface area contributed by atoms with Gasteiger partial charge in [-0.25, -0.2) is 26.9 Å². The van der Waals surface area contributed by atoms with Crippen molar-refractivity contribution in [2.75, 3.05) is 0 Å². The Morgan fingerprint density at radius 3 is 1.55 bits per heavy atom. The third-order valence-corrected chi connectivity index (χ3v) is 11.9. The van der Waals surface area contributed by atoms with Gasteiger partial charge in [0.1, 0.15) is 5.82 Å². The molecule has 7 aromatic carbocycles. The van der Waals surface area contributed by atoms with Gasteiger partial charge in [-0.2, -0.15) is 0 Å². The number of benzene rings is 7. The Labute approximate surface area is 304 Å². The van der Waals surface area contributed by atoms with E-state index in [9.17, 15) is 13.2 Å². The lowest BCUT2D eigenvalue weighted by molar-refractivity contribution is 0.361. The van der Waals surface area contributed by atoms with E-state index >= 15 is 8.78 Å². The molecule has 0 bridgehead atoms. The second-order valence-electron chi connectivity index (χ2n) is 12.6. The molecule has 53 heavy (non-hydrogen) atoms. The summed E-state index contributed by atoms with van der Waals surface area (Å²) in [4.78, 5) is 5.34.